The summed E-state index contributed by atoms with van der Waals surface area (Å²) in [7, 11) is -3.61. The molecular weight excluding hydrogens is 296 g/mol. The Kier molecular flexibility index (Phi) is 3.62. The van der Waals surface area contributed by atoms with E-state index in [1.54, 1.807) is 6.21 Å². The van der Waals surface area contributed by atoms with Gasteiger partial charge in [0.1, 0.15) is 0 Å². The monoisotopic (exact) mass is 314 g/mol. The lowest BCUT2D eigenvalue weighted by atomic mass is 10.1. The molecule has 1 aliphatic rings. The summed E-state index contributed by atoms with van der Waals surface area (Å²) in [5, 5.41) is 0. The van der Waals surface area contributed by atoms with Crippen LogP contribution in [0, 0.1) is 20.8 Å². The lowest BCUT2D eigenvalue weighted by Crippen LogP contribution is -2.29. The number of hydrogen-bond donors (Lipinski definition) is 1. The van der Waals surface area contributed by atoms with Crippen LogP contribution in [-0.4, -0.2) is 14.6 Å². The van der Waals surface area contributed by atoms with Crippen molar-refractivity contribution in [1.29, 1.82) is 0 Å². The molecule has 0 amide bonds. The third kappa shape index (κ3) is 2.58. The van der Waals surface area contributed by atoms with Crippen LogP contribution < -0.4 is 4.72 Å². The second-order valence-electron chi connectivity index (χ2n) is 5.66. The van der Waals surface area contributed by atoms with Crippen molar-refractivity contribution in [2.75, 3.05) is 0 Å². The molecule has 0 aromatic heterocycles. The molecule has 0 radical (unpaired) electrons. The van der Waals surface area contributed by atoms with Gasteiger partial charge in [-0.1, -0.05) is 35.9 Å². The van der Waals surface area contributed by atoms with Crippen molar-refractivity contribution in [3.63, 3.8) is 0 Å². The van der Waals surface area contributed by atoms with E-state index in [0.29, 0.717) is 4.90 Å². The van der Waals surface area contributed by atoms with Gasteiger partial charge in [-0.15, -0.1) is 0 Å². The molecule has 0 aliphatic carbocycles. The fourth-order valence-electron chi connectivity index (χ4n) is 3.01. The predicted octanol–water partition coefficient (Wildman–Crippen LogP) is 3.35. The van der Waals surface area contributed by atoms with Crippen LogP contribution in [0.15, 0.2) is 46.3 Å². The standard InChI is InChI=1S/C17H18N2O2S/c1-11-8-12(2)17(13(3)9-11)22(20,21)19-16-10-18-15-7-5-4-6-14(15)16/h4-10,16,19H,1-3H3. The maximum Gasteiger partial charge on any atom is 0.241 e. The molecule has 5 heteroatoms. The summed E-state index contributed by atoms with van der Waals surface area (Å²) in [5.41, 5.74) is 4.27. The number of nitrogens with one attached hydrogen (secondary N) is 1. The second-order valence-corrected chi connectivity index (χ2v) is 7.31. The van der Waals surface area contributed by atoms with Crippen LogP contribution in [0.1, 0.15) is 28.3 Å². The van der Waals surface area contributed by atoms with Crippen LogP contribution in [-0.2, 0) is 10.0 Å². The molecule has 114 valence electrons. The smallest absolute Gasteiger partial charge is 0.241 e. The average molecular weight is 314 g/mol. The molecule has 0 saturated heterocycles. The van der Waals surface area contributed by atoms with E-state index in [1.807, 2.05) is 57.2 Å². The number of rotatable bonds is 3. The fraction of sp³-hybridized carbons (Fsp3) is 0.235. The van der Waals surface area contributed by atoms with Crippen LogP contribution in [0.25, 0.3) is 0 Å². The highest BCUT2D eigenvalue weighted by Crippen LogP contribution is 2.32. The second kappa shape index (κ2) is 5.34. The topological polar surface area (TPSA) is 58.5 Å². The number of hydrogen-bond acceptors (Lipinski definition) is 3. The third-order valence-electron chi connectivity index (χ3n) is 3.79. The number of nitrogens with zero attached hydrogens (tertiary/aromatic N) is 1. The summed E-state index contributed by atoms with van der Waals surface area (Å²) in [6.07, 6.45) is 1.64. The summed E-state index contributed by atoms with van der Waals surface area (Å²) in [4.78, 5) is 4.62. The molecule has 1 N–H and O–H groups in total. The number of aryl methyl sites for hydroxylation is 3. The predicted molar refractivity (Wildman–Crippen MR) is 88.3 cm³/mol. The van der Waals surface area contributed by atoms with Gasteiger partial charge in [-0.05, 0) is 38.0 Å². The van der Waals surface area contributed by atoms with Gasteiger partial charge in [0.25, 0.3) is 0 Å². The van der Waals surface area contributed by atoms with Crippen LogP contribution in [0.2, 0.25) is 0 Å². The first-order valence-electron chi connectivity index (χ1n) is 7.12. The Hall–Kier alpha value is -1.98. The van der Waals surface area contributed by atoms with Crippen molar-refractivity contribution in [1.82, 2.24) is 4.72 Å². The Bertz CT molecular complexity index is 847. The summed E-state index contributed by atoms with van der Waals surface area (Å²) in [5.74, 6) is 0. The van der Waals surface area contributed by atoms with Crippen molar-refractivity contribution in [3.8, 4) is 0 Å². The van der Waals surface area contributed by atoms with Crippen LogP contribution >= 0.6 is 0 Å². The maximum atomic E-state index is 12.8. The number of sulfonamides is 1. The van der Waals surface area contributed by atoms with Gasteiger partial charge < -0.3 is 0 Å². The molecule has 0 saturated carbocycles. The minimum atomic E-state index is -3.61. The van der Waals surface area contributed by atoms with Crippen molar-refractivity contribution < 1.29 is 8.42 Å². The van der Waals surface area contributed by atoms with Crippen molar-refractivity contribution in [2.45, 2.75) is 31.7 Å². The van der Waals surface area contributed by atoms with E-state index in [2.05, 4.69) is 9.71 Å². The Morgan fingerprint density at radius 1 is 1.05 bits per heavy atom. The number of benzene rings is 2. The Balaban J connectivity index is 1.98. The highest BCUT2D eigenvalue weighted by molar-refractivity contribution is 7.89. The molecular formula is C17H18N2O2S. The molecule has 3 rings (SSSR count). The van der Waals surface area contributed by atoms with Gasteiger partial charge in [-0.2, -0.15) is 4.72 Å². The zero-order chi connectivity index (χ0) is 15.9. The minimum absolute atomic E-state index is 0.357. The molecule has 0 fully saturated rings. The summed E-state index contributed by atoms with van der Waals surface area (Å²) < 4.78 is 28.3. The highest BCUT2D eigenvalue weighted by Gasteiger charge is 2.27. The highest BCUT2D eigenvalue weighted by atomic mass is 32.2. The number of para-hydroxylation sites is 1. The van der Waals surface area contributed by atoms with Gasteiger partial charge in [0.05, 0.1) is 16.6 Å². The van der Waals surface area contributed by atoms with E-state index >= 15 is 0 Å². The quantitative estimate of drug-likeness (QED) is 0.944. The number of fused-ring (bicyclic) bond motifs is 1. The Labute approximate surface area is 131 Å². The van der Waals surface area contributed by atoms with E-state index in [0.717, 1.165) is 27.9 Å². The normalized spacial score (nSPS) is 16.8. The zero-order valence-electron chi connectivity index (χ0n) is 12.8. The third-order valence-corrected chi connectivity index (χ3v) is 5.54. The van der Waals surface area contributed by atoms with E-state index in [9.17, 15) is 8.42 Å². The molecule has 1 aliphatic heterocycles. The first-order chi connectivity index (χ1) is 10.4. The zero-order valence-corrected chi connectivity index (χ0v) is 13.6. The van der Waals surface area contributed by atoms with Gasteiger partial charge in [-0.25, -0.2) is 8.42 Å². The molecule has 4 nitrogen and oxygen atoms in total. The van der Waals surface area contributed by atoms with Gasteiger partial charge in [0, 0.05) is 11.8 Å². The van der Waals surface area contributed by atoms with Crippen molar-refractivity contribution >= 4 is 21.9 Å². The summed E-state index contributed by atoms with van der Waals surface area (Å²) in [6.45, 7) is 5.61. The van der Waals surface area contributed by atoms with E-state index < -0.39 is 16.1 Å². The first kappa shape index (κ1) is 14.9. The van der Waals surface area contributed by atoms with Crippen LogP contribution in [0.3, 0.4) is 0 Å². The van der Waals surface area contributed by atoms with Crippen LogP contribution in [0.5, 0.6) is 0 Å². The molecule has 0 spiro atoms. The SMILES string of the molecule is Cc1cc(C)c(S(=O)(=O)NC2C=Nc3ccccc32)c(C)c1. The number of aliphatic imine (C=N–C) groups is 1. The van der Waals surface area contributed by atoms with Gasteiger partial charge in [0.15, 0.2) is 0 Å². The molecule has 0 bridgehead atoms. The first-order valence-corrected chi connectivity index (χ1v) is 8.60. The van der Waals surface area contributed by atoms with Gasteiger partial charge in [0.2, 0.25) is 10.0 Å². The lowest BCUT2D eigenvalue weighted by Gasteiger charge is -2.16. The van der Waals surface area contributed by atoms with Crippen LogP contribution in [0.4, 0.5) is 5.69 Å². The van der Waals surface area contributed by atoms with E-state index in [4.69, 9.17) is 0 Å². The van der Waals surface area contributed by atoms with Gasteiger partial charge >= 0.3 is 0 Å². The van der Waals surface area contributed by atoms with Crippen molar-refractivity contribution in [2.24, 2.45) is 4.99 Å². The minimum Gasteiger partial charge on any atom is -0.259 e. The van der Waals surface area contributed by atoms with Crippen molar-refractivity contribution in [3.05, 3.63) is 58.7 Å². The Morgan fingerprint density at radius 3 is 2.36 bits per heavy atom. The molecule has 1 unspecified atom stereocenters. The molecule has 2 aromatic rings. The van der Waals surface area contributed by atoms with E-state index in [-0.39, 0.29) is 0 Å². The summed E-state index contributed by atoms with van der Waals surface area (Å²) >= 11 is 0. The Morgan fingerprint density at radius 2 is 1.68 bits per heavy atom. The fourth-order valence-corrected chi connectivity index (χ4v) is 4.62. The van der Waals surface area contributed by atoms with Gasteiger partial charge in [-0.3, -0.25) is 4.99 Å². The summed E-state index contributed by atoms with van der Waals surface area (Å²) in [6, 6.07) is 10.9. The van der Waals surface area contributed by atoms with E-state index in [1.165, 1.54) is 0 Å². The largest absolute Gasteiger partial charge is 0.259 e. The lowest BCUT2D eigenvalue weighted by molar-refractivity contribution is 0.577. The molecule has 22 heavy (non-hydrogen) atoms. The maximum absolute atomic E-state index is 12.8. The molecule has 1 atom stereocenters. The molecule has 2 aromatic carbocycles. The molecule has 1 heterocycles. The average Bonchev–Trinajstić information content (AvgIpc) is 2.80.